The van der Waals surface area contributed by atoms with Crippen LogP contribution in [0.25, 0.3) is 0 Å². The number of benzene rings is 1. The van der Waals surface area contributed by atoms with E-state index in [1.807, 2.05) is 13.8 Å². The Bertz CT molecular complexity index is 375. The number of carboxylic acid groups (broad SMARTS) is 1. The van der Waals surface area contributed by atoms with Crippen molar-refractivity contribution in [3.8, 4) is 0 Å². The SMILES string of the molecule is CC(C)[C@H](C(=O)O)c1ccc(Cl)c(Cl)c1. The first-order chi connectivity index (χ1) is 6.93. The molecule has 1 N–H and O–H groups in total. The van der Waals surface area contributed by atoms with Gasteiger partial charge >= 0.3 is 5.97 Å². The quantitative estimate of drug-likeness (QED) is 0.881. The second kappa shape index (κ2) is 4.86. The predicted molar refractivity (Wildman–Crippen MR) is 61.7 cm³/mol. The van der Waals surface area contributed by atoms with Crippen molar-refractivity contribution in [1.82, 2.24) is 0 Å². The Morgan fingerprint density at radius 2 is 1.87 bits per heavy atom. The van der Waals surface area contributed by atoms with Crippen LogP contribution in [0.3, 0.4) is 0 Å². The topological polar surface area (TPSA) is 37.3 Å². The van der Waals surface area contributed by atoms with Crippen LogP contribution in [0.15, 0.2) is 18.2 Å². The van der Waals surface area contributed by atoms with E-state index in [0.29, 0.717) is 15.6 Å². The van der Waals surface area contributed by atoms with E-state index in [0.717, 1.165) is 0 Å². The van der Waals surface area contributed by atoms with Gasteiger partial charge in [-0.25, -0.2) is 0 Å². The lowest BCUT2D eigenvalue weighted by atomic mass is 9.89. The van der Waals surface area contributed by atoms with Gasteiger partial charge in [-0.1, -0.05) is 43.1 Å². The van der Waals surface area contributed by atoms with Crippen molar-refractivity contribution in [2.45, 2.75) is 19.8 Å². The first kappa shape index (κ1) is 12.3. The summed E-state index contributed by atoms with van der Waals surface area (Å²) in [5, 5.41) is 9.91. The van der Waals surface area contributed by atoms with E-state index in [4.69, 9.17) is 28.3 Å². The summed E-state index contributed by atoms with van der Waals surface area (Å²) in [7, 11) is 0. The Kier molecular flexibility index (Phi) is 4.00. The zero-order valence-corrected chi connectivity index (χ0v) is 10.0. The first-order valence-electron chi connectivity index (χ1n) is 4.61. The molecule has 0 amide bonds. The smallest absolute Gasteiger partial charge is 0.311 e. The second-order valence-corrected chi connectivity index (χ2v) is 4.55. The Balaban J connectivity index is 3.12. The van der Waals surface area contributed by atoms with E-state index in [2.05, 4.69) is 0 Å². The minimum absolute atomic E-state index is 0.0137. The molecule has 0 aliphatic carbocycles. The Morgan fingerprint density at radius 3 is 2.27 bits per heavy atom. The molecule has 82 valence electrons. The van der Waals surface area contributed by atoms with Crippen LogP contribution in [0.2, 0.25) is 10.0 Å². The molecular weight excluding hydrogens is 235 g/mol. The van der Waals surface area contributed by atoms with Gasteiger partial charge in [-0.3, -0.25) is 4.79 Å². The minimum Gasteiger partial charge on any atom is -0.481 e. The van der Waals surface area contributed by atoms with E-state index in [-0.39, 0.29) is 5.92 Å². The van der Waals surface area contributed by atoms with Gasteiger partial charge < -0.3 is 5.11 Å². The summed E-state index contributed by atoms with van der Waals surface area (Å²) in [6, 6.07) is 4.94. The molecule has 1 aromatic rings. The van der Waals surface area contributed by atoms with Gasteiger partial charge in [-0.05, 0) is 23.6 Å². The first-order valence-corrected chi connectivity index (χ1v) is 5.37. The monoisotopic (exact) mass is 246 g/mol. The van der Waals surface area contributed by atoms with Crippen LogP contribution in [0.4, 0.5) is 0 Å². The van der Waals surface area contributed by atoms with Crippen LogP contribution in [0.5, 0.6) is 0 Å². The van der Waals surface area contributed by atoms with Crippen molar-refractivity contribution >= 4 is 29.2 Å². The van der Waals surface area contributed by atoms with E-state index in [9.17, 15) is 4.79 Å². The maximum Gasteiger partial charge on any atom is 0.311 e. The van der Waals surface area contributed by atoms with Gasteiger partial charge in [-0.2, -0.15) is 0 Å². The summed E-state index contributed by atoms with van der Waals surface area (Å²) >= 11 is 11.6. The number of carboxylic acids is 1. The summed E-state index contributed by atoms with van der Waals surface area (Å²) in [5.41, 5.74) is 0.687. The van der Waals surface area contributed by atoms with Crippen molar-refractivity contribution < 1.29 is 9.90 Å². The fraction of sp³-hybridized carbons (Fsp3) is 0.364. The number of hydrogen-bond acceptors (Lipinski definition) is 1. The summed E-state index contributed by atoms with van der Waals surface area (Å²) in [6.07, 6.45) is 0. The molecule has 0 aliphatic rings. The lowest BCUT2D eigenvalue weighted by Gasteiger charge is -2.16. The van der Waals surface area contributed by atoms with E-state index < -0.39 is 11.9 Å². The van der Waals surface area contributed by atoms with Crippen LogP contribution >= 0.6 is 23.2 Å². The van der Waals surface area contributed by atoms with Crippen molar-refractivity contribution in [2.75, 3.05) is 0 Å². The fourth-order valence-electron chi connectivity index (χ4n) is 1.52. The predicted octanol–water partition coefficient (Wildman–Crippen LogP) is 3.82. The number of hydrogen-bond donors (Lipinski definition) is 1. The van der Waals surface area contributed by atoms with Crippen molar-refractivity contribution in [3.63, 3.8) is 0 Å². The van der Waals surface area contributed by atoms with Gasteiger partial charge in [0.25, 0.3) is 0 Å². The highest BCUT2D eigenvalue weighted by Crippen LogP contribution is 2.30. The largest absolute Gasteiger partial charge is 0.481 e. The zero-order valence-electron chi connectivity index (χ0n) is 8.50. The summed E-state index contributed by atoms with van der Waals surface area (Å²) in [6.45, 7) is 3.72. The molecule has 0 saturated carbocycles. The molecule has 4 heteroatoms. The normalized spacial score (nSPS) is 12.9. The molecule has 2 nitrogen and oxygen atoms in total. The Morgan fingerprint density at radius 1 is 1.27 bits per heavy atom. The van der Waals surface area contributed by atoms with E-state index in [1.54, 1.807) is 18.2 Å². The molecule has 1 rings (SSSR count). The highest BCUT2D eigenvalue weighted by molar-refractivity contribution is 6.42. The molecule has 15 heavy (non-hydrogen) atoms. The maximum atomic E-state index is 11.1. The average molecular weight is 247 g/mol. The molecule has 0 aliphatic heterocycles. The van der Waals surface area contributed by atoms with Gasteiger partial charge in [0.2, 0.25) is 0 Å². The second-order valence-electron chi connectivity index (χ2n) is 3.73. The third-order valence-electron chi connectivity index (χ3n) is 2.24. The number of carbonyl (C=O) groups is 1. The lowest BCUT2D eigenvalue weighted by molar-refractivity contribution is -0.139. The number of aliphatic carboxylic acids is 1. The standard InChI is InChI=1S/C11H12Cl2O2/c1-6(2)10(11(14)15)7-3-4-8(12)9(13)5-7/h3-6,10H,1-2H3,(H,14,15)/t10-/m0/s1. The average Bonchev–Trinajstić information content (AvgIpc) is 2.10. The summed E-state index contributed by atoms with van der Waals surface area (Å²) in [5.74, 6) is -1.37. The van der Waals surface area contributed by atoms with Gasteiger partial charge in [0.1, 0.15) is 0 Å². The molecule has 0 saturated heterocycles. The van der Waals surface area contributed by atoms with Gasteiger partial charge in [0.15, 0.2) is 0 Å². The van der Waals surface area contributed by atoms with Gasteiger partial charge in [-0.15, -0.1) is 0 Å². The van der Waals surface area contributed by atoms with E-state index >= 15 is 0 Å². The summed E-state index contributed by atoms with van der Waals surface area (Å²) < 4.78 is 0. The molecule has 0 fully saturated rings. The molecular formula is C11H12Cl2O2. The Hall–Kier alpha value is -0.730. The zero-order chi connectivity index (χ0) is 11.6. The highest BCUT2D eigenvalue weighted by atomic mass is 35.5. The van der Waals surface area contributed by atoms with Crippen LogP contribution < -0.4 is 0 Å². The van der Waals surface area contributed by atoms with Crippen LogP contribution in [-0.2, 0) is 4.79 Å². The van der Waals surface area contributed by atoms with Gasteiger partial charge in [0.05, 0.1) is 16.0 Å². The number of rotatable bonds is 3. The maximum absolute atomic E-state index is 11.1. The molecule has 0 spiro atoms. The molecule has 0 aromatic heterocycles. The van der Waals surface area contributed by atoms with Crippen LogP contribution in [0.1, 0.15) is 25.3 Å². The van der Waals surface area contributed by atoms with Crippen molar-refractivity contribution in [3.05, 3.63) is 33.8 Å². The molecule has 0 heterocycles. The molecule has 0 bridgehead atoms. The lowest BCUT2D eigenvalue weighted by Crippen LogP contribution is -2.17. The third-order valence-corrected chi connectivity index (χ3v) is 2.97. The van der Waals surface area contributed by atoms with Crippen LogP contribution in [0, 0.1) is 5.92 Å². The van der Waals surface area contributed by atoms with Crippen LogP contribution in [-0.4, -0.2) is 11.1 Å². The fourth-order valence-corrected chi connectivity index (χ4v) is 1.82. The van der Waals surface area contributed by atoms with E-state index in [1.165, 1.54) is 0 Å². The van der Waals surface area contributed by atoms with Crippen molar-refractivity contribution in [2.24, 2.45) is 5.92 Å². The molecule has 0 radical (unpaired) electrons. The Labute approximate surface area is 98.8 Å². The molecule has 1 atom stereocenters. The number of halogens is 2. The molecule has 1 aromatic carbocycles. The third kappa shape index (κ3) is 2.86. The summed E-state index contributed by atoms with van der Waals surface area (Å²) in [4.78, 5) is 11.1. The minimum atomic E-state index is -0.844. The van der Waals surface area contributed by atoms with Crippen molar-refractivity contribution in [1.29, 1.82) is 0 Å². The highest BCUT2D eigenvalue weighted by Gasteiger charge is 2.23. The van der Waals surface area contributed by atoms with Gasteiger partial charge in [0, 0.05) is 0 Å². The molecule has 0 unspecified atom stereocenters.